The fourth-order valence-corrected chi connectivity index (χ4v) is 2.11. The molecule has 2 aromatic rings. The van der Waals surface area contributed by atoms with Crippen molar-refractivity contribution in [1.29, 1.82) is 0 Å². The Labute approximate surface area is 135 Å². The number of nitrogens with zero attached hydrogens (tertiary/aromatic N) is 3. The minimum Gasteiger partial charge on any atom is -0.466 e. The predicted octanol–water partition coefficient (Wildman–Crippen LogP) is 3.21. The number of halogens is 2. The molecule has 0 atom stereocenters. The lowest BCUT2D eigenvalue weighted by atomic mass is 10.2. The van der Waals surface area contributed by atoms with Gasteiger partial charge in [-0.05, 0) is 25.8 Å². The number of rotatable bonds is 6. The number of aromatic nitrogens is 2. The standard InChI is InChI=1S/C15H14F2N4O3/c1-15(5-6-15)24-14-12(21(22)23)13(19-8-20-14)18-7-9-3-2-4-10(16)11(9)17/h2-4,8H,5-7H2,1H3,(H,18,19,20). The first-order valence-electron chi connectivity index (χ1n) is 7.25. The molecule has 24 heavy (non-hydrogen) atoms. The summed E-state index contributed by atoms with van der Waals surface area (Å²) < 4.78 is 32.5. The molecule has 0 amide bonds. The van der Waals surface area contributed by atoms with Crippen LogP contribution in [0, 0.1) is 21.7 Å². The summed E-state index contributed by atoms with van der Waals surface area (Å²) in [6.45, 7) is 1.66. The third-order valence-electron chi connectivity index (χ3n) is 3.75. The Kier molecular flexibility index (Phi) is 4.00. The minimum absolute atomic E-state index is 0.0273. The number of hydrogen-bond acceptors (Lipinski definition) is 6. The molecule has 0 radical (unpaired) electrons. The molecule has 7 nitrogen and oxygen atoms in total. The summed E-state index contributed by atoms with van der Waals surface area (Å²) in [4.78, 5) is 18.3. The zero-order chi connectivity index (χ0) is 17.3. The van der Waals surface area contributed by atoms with Gasteiger partial charge in [0.05, 0.1) is 4.92 Å². The molecule has 126 valence electrons. The average Bonchev–Trinajstić information content (AvgIpc) is 3.25. The van der Waals surface area contributed by atoms with Crippen molar-refractivity contribution in [3.05, 3.63) is 51.8 Å². The Balaban J connectivity index is 1.86. The molecule has 1 aromatic heterocycles. The van der Waals surface area contributed by atoms with E-state index in [-0.39, 0.29) is 23.8 Å². The van der Waals surface area contributed by atoms with Gasteiger partial charge in [0.1, 0.15) is 11.9 Å². The van der Waals surface area contributed by atoms with Crippen LogP contribution in [0.25, 0.3) is 0 Å². The van der Waals surface area contributed by atoms with Gasteiger partial charge in [-0.25, -0.2) is 13.8 Å². The summed E-state index contributed by atoms with van der Waals surface area (Å²) in [6.07, 6.45) is 2.69. The minimum atomic E-state index is -1.01. The Morgan fingerprint density at radius 1 is 1.38 bits per heavy atom. The number of ether oxygens (including phenoxy) is 1. The maximum atomic E-state index is 13.7. The highest BCUT2D eigenvalue weighted by Gasteiger charge is 2.42. The monoisotopic (exact) mass is 336 g/mol. The Bertz CT molecular complexity index is 796. The zero-order valence-electron chi connectivity index (χ0n) is 12.8. The molecule has 1 fully saturated rings. The molecular formula is C15H14F2N4O3. The highest BCUT2D eigenvalue weighted by molar-refractivity contribution is 5.61. The lowest BCUT2D eigenvalue weighted by Gasteiger charge is -2.13. The molecule has 1 aliphatic carbocycles. The summed E-state index contributed by atoms with van der Waals surface area (Å²) >= 11 is 0. The predicted molar refractivity (Wildman–Crippen MR) is 80.6 cm³/mol. The van der Waals surface area contributed by atoms with Crippen LogP contribution in [0.4, 0.5) is 20.3 Å². The van der Waals surface area contributed by atoms with E-state index in [4.69, 9.17) is 4.74 Å². The fourth-order valence-electron chi connectivity index (χ4n) is 2.11. The van der Waals surface area contributed by atoms with Crippen molar-refractivity contribution < 1.29 is 18.4 Å². The largest absolute Gasteiger partial charge is 0.466 e. The molecule has 0 aliphatic heterocycles. The first-order valence-corrected chi connectivity index (χ1v) is 7.25. The van der Waals surface area contributed by atoms with E-state index in [9.17, 15) is 18.9 Å². The molecule has 1 heterocycles. The molecular weight excluding hydrogens is 322 g/mol. The van der Waals surface area contributed by atoms with Crippen molar-refractivity contribution in [1.82, 2.24) is 9.97 Å². The molecule has 1 saturated carbocycles. The third-order valence-corrected chi connectivity index (χ3v) is 3.75. The van der Waals surface area contributed by atoms with Crippen LogP contribution in [-0.4, -0.2) is 20.5 Å². The second-order valence-electron chi connectivity index (χ2n) is 5.75. The molecule has 9 heteroatoms. The van der Waals surface area contributed by atoms with E-state index in [1.54, 1.807) is 0 Å². The number of nitro groups is 1. The van der Waals surface area contributed by atoms with Gasteiger partial charge in [-0.2, -0.15) is 4.98 Å². The van der Waals surface area contributed by atoms with E-state index >= 15 is 0 Å². The lowest BCUT2D eigenvalue weighted by Crippen LogP contribution is -2.16. The van der Waals surface area contributed by atoms with Crippen LogP contribution in [0.3, 0.4) is 0 Å². The van der Waals surface area contributed by atoms with Crippen LogP contribution >= 0.6 is 0 Å². The lowest BCUT2D eigenvalue weighted by molar-refractivity contribution is -0.385. The number of anilines is 1. The number of nitrogens with one attached hydrogen (secondary N) is 1. The van der Waals surface area contributed by atoms with Crippen LogP contribution in [0.15, 0.2) is 24.5 Å². The van der Waals surface area contributed by atoms with Crippen LogP contribution in [0.1, 0.15) is 25.3 Å². The van der Waals surface area contributed by atoms with E-state index in [2.05, 4.69) is 15.3 Å². The van der Waals surface area contributed by atoms with E-state index in [1.165, 1.54) is 12.1 Å². The summed E-state index contributed by atoms with van der Waals surface area (Å²) in [5, 5.41) is 14.0. The second-order valence-corrected chi connectivity index (χ2v) is 5.75. The molecule has 0 saturated heterocycles. The maximum Gasteiger partial charge on any atom is 0.372 e. The number of hydrogen-bond donors (Lipinski definition) is 1. The van der Waals surface area contributed by atoms with Gasteiger partial charge in [-0.15, -0.1) is 0 Å². The van der Waals surface area contributed by atoms with E-state index < -0.39 is 27.8 Å². The van der Waals surface area contributed by atoms with E-state index in [0.717, 1.165) is 25.2 Å². The normalized spacial score (nSPS) is 15.0. The van der Waals surface area contributed by atoms with Crippen LogP contribution in [0.5, 0.6) is 5.88 Å². The van der Waals surface area contributed by atoms with Gasteiger partial charge in [-0.1, -0.05) is 12.1 Å². The molecule has 1 aromatic carbocycles. The molecule has 1 aliphatic rings. The first kappa shape index (κ1) is 16.0. The van der Waals surface area contributed by atoms with Gasteiger partial charge in [0.2, 0.25) is 5.82 Å². The van der Waals surface area contributed by atoms with Crippen LogP contribution in [0.2, 0.25) is 0 Å². The first-order chi connectivity index (χ1) is 11.4. The summed E-state index contributed by atoms with van der Waals surface area (Å²) in [5.41, 5.74) is -0.854. The van der Waals surface area contributed by atoms with Gasteiger partial charge in [0.25, 0.3) is 5.88 Å². The molecule has 0 unspecified atom stereocenters. The third kappa shape index (κ3) is 3.24. The summed E-state index contributed by atoms with van der Waals surface area (Å²) in [5.74, 6) is -2.25. The van der Waals surface area contributed by atoms with Gasteiger partial charge in [-0.3, -0.25) is 10.1 Å². The van der Waals surface area contributed by atoms with Gasteiger partial charge < -0.3 is 10.1 Å². The molecule has 1 N–H and O–H groups in total. The van der Waals surface area contributed by atoms with Gasteiger partial charge in [0, 0.05) is 12.1 Å². The maximum absolute atomic E-state index is 13.7. The molecule has 3 rings (SSSR count). The van der Waals surface area contributed by atoms with E-state index in [1.807, 2.05) is 6.92 Å². The Morgan fingerprint density at radius 2 is 2.12 bits per heavy atom. The van der Waals surface area contributed by atoms with Crippen LogP contribution < -0.4 is 10.1 Å². The van der Waals surface area contributed by atoms with Crippen molar-refractivity contribution in [2.24, 2.45) is 0 Å². The molecule has 0 bridgehead atoms. The van der Waals surface area contributed by atoms with Crippen molar-refractivity contribution in [3.63, 3.8) is 0 Å². The van der Waals surface area contributed by atoms with Crippen molar-refractivity contribution in [2.45, 2.75) is 31.9 Å². The van der Waals surface area contributed by atoms with Gasteiger partial charge in [0.15, 0.2) is 11.6 Å². The van der Waals surface area contributed by atoms with Crippen molar-refractivity contribution in [2.75, 3.05) is 5.32 Å². The quantitative estimate of drug-likeness (QED) is 0.643. The fraction of sp³-hybridized carbons (Fsp3) is 0.333. The highest BCUT2D eigenvalue weighted by Crippen LogP contribution is 2.42. The topological polar surface area (TPSA) is 90.2 Å². The van der Waals surface area contributed by atoms with Crippen molar-refractivity contribution >= 4 is 11.5 Å². The zero-order valence-corrected chi connectivity index (χ0v) is 12.8. The Morgan fingerprint density at radius 3 is 2.79 bits per heavy atom. The second kappa shape index (κ2) is 5.99. The van der Waals surface area contributed by atoms with Crippen molar-refractivity contribution in [3.8, 4) is 5.88 Å². The average molecular weight is 336 g/mol. The summed E-state index contributed by atoms with van der Waals surface area (Å²) in [7, 11) is 0. The SMILES string of the molecule is CC1(Oc2ncnc(NCc3cccc(F)c3F)c2[N+](=O)[O-])CC1. The smallest absolute Gasteiger partial charge is 0.372 e. The number of benzene rings is 1. The van der Waals surface area contributed by atoms with Crippen LogP contribution in [-0.2, 0) is 6.54 Å². The van der Waals surface area contributed by atoms with Gasteiger partial charge >= 0.3 is 5.69 Å². The Hall–Kier alpha value is -2.84. The summed E-state index contributed by atoms with van der Waals surface area (Å²) in [6, 6.07) is 3.72. The molecule has 0 spiro atoms. The van der Waals surface area contributed by atoms with E-state index in [0.29, 0.717) is 0 Å². The highest BCUT2D eigenvalue weighted by atomic mass is 19.2.